The van der Waals surface area contributed by atoms with E-state index in [1.807, 2.05) is 0 Å². The molecule has 2 heterocycles. The molecule has 0 bridgehead atoms. The SMILES string of the molecule is CN(C)C(=O)CN1CCC2(CC1)CNS(=O)(=O)c1ccccc1OC2. The average Bonchev–Trinajstić information content (AvgIpc) is 2.59. The molecule has 1 aromatic rings. The summed E-state index contributed by atoms with van der Waals surface area (Å²) in [6.07, 6.45) is 1.58. The van der Waals surface area contributed by atoms with E-state index in [2.05, 4.69) is 9.62 Å². The number of sulfonamides is 1. The van der Waals surface area contributed by atoms with Crippen molar-refractivity contribution in [1.29, 1.82) is 0 Å². The molecule has 1 fully saturated rings. The Labute approximate surface area is 149 Å². The van der Waals surface area contributed by atoms with Crippen LogP contribution >= 0.6 is 0 Å². The van der Waals surface area contributed by atoms with Crippen LogP contribution in [0.15, 0.2) is 29.2 Å². The molecule has 0 aromatic heterocycles. The predicted octanol–water partition coefficient (Wildman–Crippen LogP) is 0.528. The molecule has 138 valence electrons. The van der Waals surface area contributed by atoms with Crippen molar-refractivity contribution in [2.24, 2.45) is 5.41 Å². The van der Waals surface area contributed by atoms with Gasteiger partial charge in [0.15, 0.2) is 0 Å². The van der Waals surface area contributed by atoms with Gasteiger partial charge in [-0.25, -0.2) is 13.1 Å². The van der Waals surface area contributed by atoms with Crippen molar-refractivity contribution in [1.82, 2.24) is 14.5 Å². The van der Waals surface area contributed by atoms with Gasteiger partial charge in [-0.05, 0) is 38.1 Å². The third kappa shape index (κ3) is 3.96. The van der Waals surface area contributed by atoms with Crippen LogP contribution in [0.25, 0.3) is 0 Å². The second-order valence-corrected chi connectivity index (χ2v) is 8.86. The van der Waals surface area contributed by atoms with Gasteiger partial charge in [0.1, 0.15) is 10.6 Å². The third-order valence-electron chi connectivity index (χ3n) is 5.08. The van der Waals surface area contributed by atoms with Crippen molar-refractivity contribution < 1.29 is 17.9 Å². The zero-order valence-corrected chi connectivity index (χ0v) is 15.5. The van der Waals surface area contributed by atoms with Crippen LogP contribution in [0, 0.1) is 5.41 Å². The van der Waals surface area contributed by atoms with E-state index >= 15 is 0 Å². The lowest BCUT2D eigenvalue weighted by Gasteiger charge is -2.42. The lowest BCUT2D eigenvalue weighted by Crippen LogP contribution is -2.51. The molecule has 1 saturated heterocycles. The van der Waals surface area contributed by atoms with Crippen molar-refractivity contribution in [3.8, 4) is 5.75 Å². The van der Waals surface area contributed by atoms with Gasteiger partial charge in [-0.3, -0.25) is 9.69 Å². The van der Waals surface area contributed by atoms with Gasteiger partial charge < -0.3 is 9.64 Å². The van der Waals surface area contributed by atoms with E-state index in [9.17, 15) is 13.2 Å². The number of fused-ring (bicyclic) bond motifs is 1. The number of nitrogens with zero attached hydrogens (tertiary/aromatic N) is 2. The summed E-state index contributed by atoms with van der Waals surface area (Å²) in [7, 11) is -0.0651. The second-order valence-electron chi connectivity index (χ2n) is 7.12. The van der Waals surface area contributed by atoms with Crippen LogP contribution in [-0.2, 0) is 14.8 Å². The zero-order valence-electron chi connectivity index (χ0n) is 14.7. The highest BCUT2D eigenvalue weighted by molar-refractivity contribution is 7.89. The number of benzene rings is 1. The van der Waals surface area contributed by atoms with Crippen molar-refractivity contribution in [3.63, 3.8) is 0 Å². The molecule has 1 amide bonds. The fraction of sp³-hybridized carbons (Fsp3) is 0.588. The molecular weight excluding hydrogens is 342 g/mol. The molecule has 0 atom stereocenters. The summed E-state index contributed by atoms with van der Waals surface area (Å²) in [6, 6.07) is 6.72. The van der Waals surface area contributed by atoms with Crippen LogP contribution < -0.4 is 9.46 Å². The maximum atomic E-state index is 12.5. The van der Waals surface area contributed by atoms with Crippen molar-refractivity contribution >= 4 is 15.9 Å². The van der Waals surface area contributed by atoms with Crippen molar-refractivity contribution in [2.75, 3.05) is 46.9 Å². The van der Waals surface area contributed by atoms with Gasteiger partial charge in [-0.2, -0.15) is 0 Å². The number of carbonyl (C=O) groups is 1. The molecule has 2 aliphatic rings. The highest BCUT2D eigenvalue weighted by Crippen LogP contribution is 2.35. The number of ether oxygens (including phenoxy) is 1. The molecule has 2 aliphatic heterocycles. The summed E-state index contributed by atoms with van der Waals surface area (Å²) in [4.78, 5) is 15.8. The molecule has 8 heteroatoms. The lowest BCUT2D eigenvalue weighted by molar-refractivity contribution is -0.130. The monoisotopic (exact) mass is 367 g/mol. The van der Waals surface area contributed by atoms with Crippen LogP contribution in [0.4, 0.5) is 0 Å². The largest absolute Gasteiger partial charge is 0.492 e. The highest BCUT2D eigenvalue weighted by Gasteiger charge is 2.39. The summed E-state index contributed by atoms with van der Waals surface area (Å²) in [5, 5.41) is 0. The summed E-state index contributed by atoms with van der Waals surface area (Å²) in [6.45, 7) is 2.75. The Morgan fingerprint density at radius 3 is 2.64 bits per heavy atom. The zero-order chi connectivity index (χ0) is 18.1. The third-order valence-corrected chi connectivity index (χ3v) is 6.52. The lowest BCUT2D eigenvalue weighted by atomic mass is 9.79. The molecule has 3 rings (SSSR count). The minimum Gasteiger partial charge on any atom is -0.492 e. The Morgan fingerprint density at radius 1 is 1.28 bits per heavy atom. The fourth-order valence-corrected chi connectivity index (χ4v) is 4.54. The Hall–Kier alpha value is -1.64. The normalized spacial score (nSPS) is 22.3. The van der Waals surface area contributed by atoms with Gasteiger partial charge in [0.2, 0.25) is 15.9 Å². The van der Waals surface area contributed by atoms with Crippen LogP contribution in [0.2, 0.25) is 0 Å². The minimum atomic E-state index is -3.57. The van der Waals surface area contributed by atoms with Gasteiger partial charge in [0.25, 0.3) is 0 Å². The number of rotatable bonds is 2. The molecule has 1 N–H and O–H groups in total. The van der Waals surface area contributed by atoms with E-state index in [0.29, 0.717) is 25.4 Å². The van der Waals surface area contributed by atoms with Crippen molar-refractivity contribution in [3.05, 3.63) is 24.3 Å². The summed E-state index contributed by atoms with van der Waals surface area (Å²) >= 11 is 0. The molecule has 0 radical (unpaired) electrons. The molecule has 0 saturated carbocycles. The fourth-order valence-electron chi connectivity index (χ4n) is 3.24. The molecule has 0 unspecified atom stereocenters. The highest BCUT2D eigenvalue weighted by atomic mass is 32.2. The molecule has 0 aliphatic carbocycles. The van der Waals surface area contributed by atoms with E-state index < -0.39 is 10.0 Å². The molecule has 1 aromatic carbocycles. The van der Waals surface area contributed by atoms with Crippen LogP contribution in [0.5, 0.6) is 5.75 Å². The number of likely N-dealkylation sites (tertiary alicyclic amines) is 1. The Balaban J connectivity index is 1.70. The van der Waals surface area contributed by atoms with Crippen LogP contribution in [0.3, 0.4) is 0 Å². The van der Waals surface area contributed by atoms with E-state index in [-0.39, 0.29) is 16.2 Å². The van der Waals surface area contributed by atoms with E-state index in [1.54, 1.807) is 43.3 Å². The number of hydrogen-bond donors (Lipinski definition) is 1. The maximum Gasteiger partial charge on any atom is 0.244 e. The number of piperidine rings is 1. The van der Waals surface area contributed by atoms with E-state index in [1.165, 1.54) is 0 Å². The van der Waals surface area contributed by atoms with Gasteiger partial charge in [-0.1, -0.05) is 12.1 Å². The Morgan fingerprint density at radius 2 is 1.96 bits per heavy atom. The minimum absolute atomic E-state index is 0.0829. The number of amides is 1. The number of carbonyl (C=O) groups excluding carboxylic acids is 1. The Bertz CT molecular complexity index is 740. The van der Waals surface area contributed by atoms with Gasteiger partial charge in [-0.15, -0.1) is 0 Å². The number of para-hydroxylation sites is 1. The Kier molecular flexibility index (Phi) is 5.04. The standard InChI is InChI=1S/C17H25N3O4S/c1-19(2)16(21)11-20-9-7-17(8-10-20)12-18-25(22,23)15-6-4-3-5-14(15)24-13-17/h3-6,18H,7-13H2,1-2H3. The van der Waals surface area contributed by atoms with Gasteiger partial charge in [0.05, 0.1) is 13.2 Å². The van der Waals surface area contributed by atoms with Crippen LogP contribution in [0.1, 0.15) is 12.8 Å². The number of hydrogen-bond acceptors (Lipinski definition) is 5. The molecule has 7 nitrogen and oxygen atoms in total. The first-order valence-electron chi connectivity index (χ1n) is 8.45. The average molecular weight is 367 g/mol. The maximum absolute atomic E-state index is 12.5. The second kappa shape index (κ2) is 6.93. The van der Waals surface area contributed by atoms with E-state index in [0.717, 1.165) is 25.9 Å². The number of nitrogens with one attached hydrogen (secondary N) is 1. The molecule has 1 spiro atoms. The van der Waals surface area contributed by atoms with E-state index in [4.69, 9.17) is 4.74 Å². The summed E-state index contributed by atoms with van der Waals surface area (Å²) in [5.74, 6) is 0.485. The summed E-state index contributed by atoms with van der Waals surface area (Å²) < 4.78 is 33.7. The first kappa shape index (κ1) is 18.2. The predicted molar refractivity (Wildman–Crippen MR) is 93.9 cm³/mol. The topological polar surface area (TPSA) is 79.0 Å². The molecular formula is C17H25N3O4S. The van der Waals surface area contributed by atoms with Crippen molar-refractivity contribution in [2.45, 2.75) is 17.7 Å². The number of likely N-dealkylation sites (N-methyl/N-ethyl adjacent to an activating group) is 1. The van der Waals surface area contributed by atoms with Crippen LogP contribution in [-0.4, -0.2) is 71.0 Å². The summed E-state index contributed by atoms with van der Waals surface area (Å²) in [5.41, 5.74) is -0.238. The quantitative estimate of drug-likeness (QED) is 0.825. The van der Waals surface area contributed by atoms with Gasteiger partial charge in [0, 0.05) is 26.1 Å². The van der Waals surface area contributed by atoms with Gasteiger partial charge >= 0.3 is 0 Å². The smallest absolute Gasteiger partial charge is 0.244 e. The first-order chi connectivity index (χ1) is 11.8. The molecule has 25 heavy (non-hydrogen) atoms. The first-order valence-corrected chi connectivity index (χ1v) is 9.94.